The normalized spacial score (nSPS) is 14.7. The van der Waals surface area contributed by atoms with Gasteiger partial charge >= 0.3 is 0 Å². The molecular formula is C26H17Cl4N5. The van der Waals surface area contributed by atoms with Crippen molar-refractivity contribution in [2.45, 2.75) is 0 Å². The molecule has 3 aliphatic heterocycles. The molecule has 35 heavy (non-hydrogen) atoms. The first-order chi connectivity index (χ1) is 16.9. The molecule has 3 aromatic rings. The van der Waals surface area contributed by atoms with Crippen molar-refractivity contribution in [3.05, 3.63) is 86.0 Å². The second-order valence-corrected chi connectivity index (χ2v) is 9.91. The van der Waals surface area contributed by atoms with E-state index in [1.165, 1.54) is 4.09 Å². The van der Waals surface area contributed by atoms with Gasteiger partial charge in [0, 0.05) is 36.4 Å². The van der Waals surface area contributed by atoms with Crippen molar-refractivity contribution in [3.63, 3.8) is 0 Å². The Kier molecular flexibility index (Phi) is 5.53. The Morgan fingerprint density at radius 3 is 2.17 bits per heavy atom. The number of aromatic amines is 1. The van der Waals surface area contributed by atoms with Crippen LogP contribution in [0.3, 0.4) is 0 Å². The molecule has 0 unspecified atom stereocenters. The Morgan fingerprint density at radius 1 is 0.829 bits per heavy atom. The average Bonchev–Trinajstić information content (AvgIpc) is 3.60. The summed E-state index contributed by atoms with van der Waals surface area (Å²) in [4.78, 5) is 14.9. The van der Waals surface area contributed by atoms with Crippen molar-refractivity contribution in [3.8, 4) is 0 Å². The summed E-state index contributed by atoms with van der Waals surface area (Å²) in [7, 11) is 2.02. The molecule has 0 amide bonds. The molecule has 0 radical (unpaired) electrons. The number of hydrogen-bond donors (Lipinski definition) is 1. The van der Waals surface area contributed by atoms with Crippen LogP contribution in [0.4, 0.5) is 0 Å². The first-order valence-electron chi connectivity index (χ1n) is 10.8. The maximum Gasteiger partial charge on any atom is 0.0991 e. The summed E-state index contributed by atoms with van der Waals surface area (Å²) < 4.78 is 1.39. The SMILES string of the molecule is CN1C=CC=C(c2cc3cc4nc(cc5nc(cc6c(Cl)c(Cl)c(c(Cl)c2[nH]3)n6Cl)C=C5)C=C4)C1. The summed E-state index contributed by atoms with van der Waals surface area (Å²) in [6, 6.07) is 7.73. The molecule has 0 aliphatic carbocycles. The number of nitrogens with one attached hydrogen (secondary N) is 1. The number of fused-ring (bicyclic) bond motifs is 8. The van der Waals surface area contributed by atoms with Gasteiger partial charge in [-0.15, -0.1) is 0 Å². The minimum atomic E-state index is 0.267. The third-order valence-corrected chi connectivity index (χ3v) is 7.52. The number of halogens is 4. The molecule has 9 heteroatoms. The Labute approximate surface area is 221 Å². The molecule has 0 spiro atoms. The molecule has 0 atom stereocenters. The Hall–Kier alpha value is -2.96. The highest BCUT2D eigenvalue weighted by Gasteiger charge is 2.19. The highest BCUT2D eigenvalue weighted by Crippen LogP contribution is 2.41. The molecule has 0 fully saturated rings. The van der Waals surface area contributed by atoms with Crippen LogP contribution in [-0.4, -0.2) is 37.5 Å². The van der Waals surface area contributed by atoms with E-state index in [2.05, 4.69) is 27.0 Å². The van der Waals surface area contributed by atoms with Gasteiger partial charge in [0.15, 0.2) is 0 Å². The maximum atomic E-state index is 7.01. The fraction of sp³-hybridized carbons (Fsp3) is 0.0769. The van der Waals surface area contributed by atoms with Crippen LogP contribution < -0.4 is 0 Å². The standard InChI is InChI=1S/C26H17Cl4N5/c1-34-8-2-3-14(13-34)20-11-19-10-17-5-4-15(31-17)9-16-6-7-18(32-16)12-21-22(27)23(28)26(35(21)30)24(29)25(20)33-19/h2-12,33H,13H2,1H3. The lowest BCUT2D eigenvalue weighted by Gasteiger charge is -2.19. The highest BCUT2D eigenvalue weighted by atomic mass is 35.5. The predicted octanol–water partition coefficient (Wildman–Crippen LogP) is 7.93. The quantitative estimate of drug-likeness (QED) is 0.235. The van der Waals surface area contributed by atoms with Crippen LogP contribution in [0.2, 0.25) is 15.1 Å². The predicted molar refractivity (Wildman–Crippen MR) is 149 cm³/mol. The van der Waals surface area contributed by atoms with E-state index in [0.717, 1.165) is 40.3 Å². The molecule has 174 valence electrons. The number of allylic oxidation sites excluding steroid dienone is 2. The summed E-state index contributed by atoms with van der Waals surface area (Å²) in [6.45, 7) is 0.721. The van der Waals surface area contributed by atoms with Gasteiger partial charge in [-0.1, -0.05) is 40.9 Å². The topological polar surface area (TPSA) is 49.7 Å². The molecule has 1 N–H and O–H groups in total. The number of nitrogens with zero attached hydrogens (tertiary/aromatic N) is 4. The van der Waals surface area contributed by atoms with E-state index in [0.29, 0.717) is 32.3 Å². The zero-order chi connectivity index (χ0) is 24.3. The van der Waals surface area contributed by atoms with Crippen LogP contribution in [0.15, 0.2) is 42.6 Å². The van der Waals surface area contributed by atoms with Gasteiger partial charge < -0.3 is 9.88 Å². The maximum absolute atomic E-state index is 7.01. The summed E-state index contributed by atoms with van der Waals surface area (Å²) in [5.41, 5.74) is 7.57. The van der Waals surface area contributed by atoms with E-state index in [1.54, 1.807) is 6.07 Å². The minimum Gasteiger partial charge on any atom is -0.376 e. The number of rotatable bonds is 1. The fourth-order valence-electron chi connectivity index (χ4n) is 4.33. The molecule has 6 rings (SSSR count). The third kappa shape index (κ3) is 3.99. The van der Waals surface area contributed by atoms with E-state index >= 15 is 0 Å². The van der Waals surface area contributed by atoms with Crippen LogP contribution in [0, 0.1) is 0 Å². The van der Waals surface area contributed by atoms with E-state index in [9.17, 15) is 0 Å². The van der Waals surface area contributed by atoms with Crippen molar-refractivity contribution in [1.82, 2.24) is 23.9 Å². The van der Waals surface area contributed by atoms with Gasteiger partial charge in [-0.25, -0.2) is 14.1 Å². The van der Waals surface area contributed by atoms with Crippen molar-refractivity contribution >= 4 is 98.5 Å². The van der Waals surface area contributed by atoms with E-state index in [4.69, 9.17) is 51.6 Å². The lowest BCUT2D eigenvalue weighted by atomic mass is 10.0. The molecule has 3 aliphatic rings. The monoisotopic (exact) mass is 539 g/mol. The zero-order valence-corrected chi connectivity index (χ0v) is 21.4. The van der Waals surface area contributed by atoms with Gasteiger partial charge in [0.2, 0.25) is 0 Å². The number of hydrogen-bond acceptors (Lipinski definition) is 3. The number of aromatic nitrogens is 4. The van der Waals surface area contributed by atoms with Crippen molar-refractivity contribution in [2.75, 3.05) is 13.6 Å². The fourth-order valence-corrected chi connectivity index (χ4v) is 5.64. The molecule has 8 bridgehead atoms. The van der Waals surface area contributed by atoms with Crippen molar-refractivity contribution in [1.29, 1.82) is 0 Å². The molecule has 0 aromatic carbocycles. The van der Waals surface area contributed by atoms with Gasteiger partial charge in [0.25, 0.3) is 0 Å². The Balaban J connectivity index is 1.77. The molecule has 6 heterocycles. The van der Waals surface area contributed by atoms with Crippen LogP contribution in [-0.2, 0) is 0 Å². The second-order valence-electron chi connectivity index (χ2n) is 8.44. The molecular weight excluding hydrogens is 524 g/mol. The Bertz CT molecular complexity index is 1690. The lowest BCUT2D eigenvalue weighted by Crippen LogP contribution is -2.15. The molecule has 5 nitrogen and oxygen atoms in total. The number of likely N-dealkylation sites (N-methyl/N-ethyl adjacent to an activating group) is 1. The molecule has 0 saturated heterocycles. The van der Waals surface area contributed by atoms with E-state index < -0.39 is 0 Å². The summed E-state index contributed by atoms with van der Waals surface area (Å²) >= 11 is 27.1. The summed E-state index contributed by atoms with van der Waals surface area (Å²) in [5, 5.41) is 0.921. The van der Waals surface area contributed by atoms with Crippen LogP contribution in [0.1, 0.15) is 28.3 Å². The van der Waals surface area contributed by atoms with Crippen LogP contribution >= 0.6 is 46.6 Å². The lowest BCUT2D eigenvalue weighted by molar-refractivity contribution is 0.513. The second kappa shape index (κ2) is 8.61. The van der Waals surface area contributed by atoms with Gasteiger partial charge in [-0.2, -0.15) is 0 Å². The summed E-state index contributed by atoms with van der Waals surface area (Å²) in [5.74, 6) is 0. The Morgan fingerprint density at radius 2 is 1.49 bits per heavy atom. The largest absolute Gasteiger partial charge is 0.376 e. The van der Waals surface area contributed by atoms with Crippen LogP contribution in [0.25, 0.3) is 51.9 Å². The van der Waals surface area contributed by atoms with Gasteiger partial charge in [0.05, 0.1) is 54.4 Å². The highest BCUT2D eigenvalue weighted by molar-refractivity contribution is 6.51. The van der Waals surface area contributed by atoms with E-state index in [-0.39, 0.29) is 5.02 Å². The first-order valence-corrected chi connectivity index (χ1v) is 12.3. The third-order valence-electron chi connectivity index (χ3n) is 5.95. The first kappa shape index (κ1) is 22.5. The van der Waals surface area contributed by atoms with Crippen molar-refractivity contribution < 1.29 is 0 Å². The summed E-state index contributed by atoms with van der Waals surface area (Å²) in [6.07, 6.45) is 13.8. The zero-order valence-electron chi connectivity index (χ0n) is 18.4. The van der Waals surface area contributed by atoms with Crippen LogP contribution in [0.5, 0.6) is 0 Å². The smallest absolute Gasteiger partial charge is 0.0991 e. The molecule has 0 saturated carbocycles. The minimum absolute atomic E-state index is 0.267. The van der Waals surface area contributed by atoms with E-state index in [1.807, 2.05) is 55.8 Å². The van der Waals surface area contributed by atoms with Gasteiger partial charge in [-0.05, 0) is 66.4 Å². The van der Waals surface area contributed by atoms with Crippen molar-refractivity contribution in [2.24, 2.45) is 0 Å². The average molecular weight is 541 g/mol. The number of H-pyrrole nitrogens is 1. The van der Waals surface area contributed by atoms with Gasteiger partial charge in [-0.3, -0.25) is 0 Å². The molecule has 3 aromatic heterocycles. The van der Waals surface area contributed by atoms with Gasteiger partial charge in [0.1, 0.15) is 0 Å².